The molecule has 24 heavy (non-hydrogen) atoms. The third kappa shape index (κ3) is 8.64. The third-order valence-corrected chi connectivity index (χ3v) is 5.49. The molecule has 3 nitrogen and oxygen atoms in total. The van der Waals surface area contributed by atoms with Crippen molar-refractivity contribution in [3.63, 3.8) is 0 Å². The van der Waals surface area contributed by atoms with Crippen LogP contribution in [0.25, 0.3) is 0 Å². The number of unbranched alkanes of at least 4 members (excludes halogenated alkanes) is 9. The number of quaternary nitrogens is 1. The van der Waals surface area contributed by atoms with Crippen LogP contribution in [-0.2, 0) is 9.47 Å². The highest BCUT2D eigenvalue weighted by Gasteiger charge is 2.41. The van der Waals surface area contributed by atoms with Crippen molar-refractivity contribution in [1.29, 1.82) is 0 Å². The van der Waals surface area contributed by atoms with Crippen molar-refractivity contribution >= 4 is 0 Å². The summed E-state index contributed by atoms with van der Waals surface area (Å²) in [6.45, 7) is 12.9. The molecule has 2 aliphatic heterocycles. The lowest BCUT2D eigenvalue weighted by Gasteiger charge is -2.37. The standard InChI is InChI=1S/C21H40NO2/c1-3-5-6-7-8-9-10-11-12-13-15-22(14-4-2,16-20-18-23-20)17-21-19-24-21/h4,20-21H,2-3,5-19H2,1H3/q+1. The van der Waals surface area contributed by atoms with Gasteiger partial charge in [0.15, 0.2) is 0 Å². The van der Waals surface area contributed by atoms with Gasteiger partial charge in [-0.25, -0.2) is 0 Å². The first-order valence-corrected chi connectivity index (χ1v) is 10.5. The molecule has 2 atom stereocenters. The number of epoxide rings is 2. The zero-order valence-corrected chi connectivity index (χ0v) is 16.0. The maximum atomic E-state index is 5.52. The fourth-order valence-corrected chi connectivity index (χ4v) is 3.92. The van der Waals surface area contributed by atoms with Crippen LogP contribution in [0.1, 0.15) is 71.1 Å². The summed E-state index contributed by atoms with van der Waals surface area (Å²) in [5.74, 6) is 0. The molecule has 3 heteroatoms. The fraction of sp³-hybridized carbons (Fsp3) is 0.905. The van der Waals surface area contributed by atoms with Crippen molar-refractivity contribution in [2.24, 2.45) is 0 Å². The molecule has 0 radical (unpaired) electrons. The zero-order chi connectivity index (χ0) is 17.1. The number of hydrogen-bond donors (Lipinski definition) is 0. The Morgan fingerprint density at radius 3 is 1.71 bits per heavy atom. The van der Waals surface area contributed by atoms with Crippen molar-refractivity contribution in [3.8, 4) is 0 Å². The quantitative estimate of drug-likeness (QED) is 0.166. The number of ether oxygens (including phenoxy) is 2. The average molecular weight is 339 g/mol. The van der Waals surface area contributed by atoms with E-state index in [-0.39, 0.29) is 0 Å². The molecule has 0 aromatic carbocycles. The lowest BCUT2D eigenvalue weighted by atomic mass is 10.1. The topological polar surface area (TPSA) is 25.1 Å². The molecule has 0 N–H and O–H groups in total. The van der Waals surface area contributed by atoms with Crippen molar-refractivity contribution in [1.82, 2.24) is 0 Å². The zero-order valence-electron chi connectivity index (χ0n) is 16.0. The van der Waals surface area contributed by atoms with E-state index in [1.807, 2.05) is 0 Å². The second-order valence-electron chi connectivity index (χ2n) is 7.99. The maximum Gasteiger partial charge on any atom is 0.130 e. The summed E-state index contributed by atoms with van der Waals surface area (Å²) < 4.78 is 12.2. The van der Waals surface area contributed by atoms with Gasteiger partial charge in [-0.15, -0.1) is 0 Å². The molecule has 0 aromatic heterocycles. The van der Waals surface area contributed by atoms with Crippen molar-refractivity contribution in [3.05, 3.63) is 12.7 Å². The summed E-state index contributed by atoms with van der Waals surface area (Å²) in [4.78, 5) is 0. The van der Waals surface area contributed by atoms with Gasteiger partial charge in [0, 0.05) is 0 Å². The Morgan fingerprint density at radius 2 is 1.29 bits per heavy atom. The van der Waals surface area contributed by atoms with Gasteiger partial charge in [-0.05, 0) is 18.9 Å². The molecule has 2 unspecified atom stereocenters. The molecule has 0 amide bonds. The van der Waals surface area contributed by atoms with Crippen LogP contribution in [0.5, 0.6) is 0 Å². The van der Waals surface area contributed by atoms with E-state index in [9.17, 15) is 0 Å². The number of rotatable bonds is 17. The first kappa shape index (κ1) is 19.9. The lowest BCUT2D eigenvalue weighted by molar-refractivity contribution is -0.923. The van der Waals surface area contributed by atoms with Crippen molar-refractivity contribution in [2.45, 2.75) is 83.3 Å². The Labute approximate surface area is 150 Å². The van der Waals surface area contributed by atoms with Gasteiger partial charge in [0.25, 0.3) is 0 Å². The minimum Gasteiger partial charge on any atom is -0.367 e. The van der Waals surface area contributed by atoms with Crippen LogP contribution >= 0.6 is 0 Å². The predicted molar refractivity (Wildman–Crippen MR) is 101 cm³/mol. The van der Waals surface area contributed by atoms with Crippen LogP contribution in [0.2, 0.25) is 0 Å². The minimum atomic E-state index is 0.492. The summed E-state index contributed by atoms with van der Waals surface area (Å²) >= 11 is 0. The average Bonchev–Trinajstić information content (AvgIpc) is 3.47. The second kappa shape index (κ2) is 11.3. The molecule has 0 bridgehead atoms. The third-order valence-electron chi connectivity index (χ3n) is 5.49. The van der Waals surface area contributed by atoms with Crippen LogP contribution < -0.4 is 0 Å². The smallest absolute Gasteiger partial charge is 0.130 e. The van der Waals surface area contributed by atoms with Crippen molar-refractivity contribution < 1.29 is 14.0 Å². The van der Waals surface area contributed by atoms with Crippen LogP contribution in [-0.4, -0.2) is 56.1 Å². The molecule has 140 valence electrons. The largest absolute Gasteiger partial charge is 0.367 e. The molecular formula is C21H40NO2+. The van der Waals surface area contributed by atoms with Gasteiger partial charge in [-0.2, -0.15) is 0 Å². The Kier molecular flexibility index (Phi) is 9.37. The molecule has 2 aliphatic rings. The van der Waals surface area contributed by atoms with Crippen LogP contribution in [0.3, 0.4) is 0 Å². The molecule has 2 saturated heterocycles. The summed E-state index contributed by atoms with van der Waals surface area (Å²) in [5.41, 5.74) is 0. The van der Waals surface area contributed by atoms with Gasteiger partial charge in [-0.1, -0.05) is 64.9 Å². The normalized spacial score (nSPS) is 24.5. The monoisotopic (exact) mass is 338 g/mol. The van der Waals surface area contributed by atoms with Gasteiger partial charge in [0.2, 0.25) is 0 Å². The molecule has 2 heterocycles. The van der Waals surface area contributed by atoms with E-state index in [0.29, 0.717) is 12.2 Å². The van der Waals surface area contributed by atoms with Gasteiger partial charge < -0.3 is 14.0 Å². The Hall–Kier alpha value is -0.380. The number of hydrogen-bond acceptors (Lipinski definition) is 2. The maximum absolute atomic E-state index is 5.52. The summed E-state index contributed by atoms with van der Waals surface area (Å²) in [5, 5.41) is 0. The molecule has 0 aliphatic carbocycles. The van der Waals surface area contributed by atoms with Gasteiger partial charge in [0.1, 0.15) is 25.3 Å². The van der Waals surface area contributed by atoms with E-state index >= 15 is 0 Å². The van der Waals surface area contributed by atoms with Crippen LogP contribution in [0.4, 0.5) is 0 Å². The second-order valence-corrected chi connectivity index (χ2v) is 7.99. The Balaban J connectivity index is 1.56. The SMILES string of the molecule is C=CC[N+](CCCCCCCCCCCC)(CC1CO1)CC1CO1. The van der Waals surface area contributed by atoms with Crippen LogP contribution in [0, 0.1) is 0 Å². The molecule has 0 spiro atoms. The predicted octanol–water partition coefficient (Wildman–Crippen LogP) is 4.71. The minimum absolute atomic E-state index is 0.492. The Bertz CT molecular complexity index is 323. The first-order chi connectivity index (χ1) is 11.8. The lowest BCUT2D eigenvalue weighted by Crippen LogP contribution is -2.53. The highest BCUT2D eigenvalue weighted by atomic mass is 16.6. The van der Waals surface area contributed by atoms with Gasteiger partial charge in [-0.3, -0.25) is 0 Å². The van der Waals surface area contributed by atoms with E-state index in [2.05, 4.69) is 19.6 Å². The first-order valence-electron chi connectivity index (χ1n) is 10.5. The highest BCUT2D eigenvalue weighted by molar-refractivity contribution is 4.77. The molecule has 2 fully saturated rings. The fourth-order valence-electron chi connectivity index (χ4n) is 3.92. The summed E-state index contributed by atoms with van der Waals surface area (Å²) in [6.07, 6.45) is 17.1. The molecule has 2 rings (SSSR count). The summed E-state index contributed by atoms with van der Waals surface area (Å²) in [6, 6.07) is 0. The Morgan fingerprint density at radius 1 is 0.833 bits per heavy atom. The summed E-state index contributed by atoms with van der Waals surface area (Å²) in [7, 11) is 0. The van der Waals surface area contributed by atoms with Crippen molar-refractivity contribution in [2.75, 3.05) is 39.4 Å². The van der Waals surface area contributed by atoms with Crippen LogP contribution in [0.15, 0.2) is 12.7 Å². The molecule has 0 saturated carbocycles. The van der Waals surface area contributed by atoms with E-state index in [1.165, 1.54) is 70.8 Å². The van der Waals surface area contributed by atoms with E-state index in [0.717, 1.165) is 37.3 Å². The molecular weight excluding hydrogens is 298 g/mol. The van der Waals surface area contributed by atoms with E-state index < -0.39 is 0 Å². The number of nitrogens with zero attached hydrogens (tertiary/aromatic N) is 1. The molecule has 0 aromatic rings. The van der Waals surface area contributed by atoms with Gasteiger partial charge >= 0.3 is 0 Å². The van der Waals surface area contributed by atoms with E-state index in [4.69, 9.17) is 9.47 Å². The highest BCUT2D eigenvalue weighted by Crippen LogP contribution is 2.24. The van der Waals surface area contributed by atoms with Gasteiger partial charge in [0.05, 0.1) is 26.3 Å². The van der Waals surface area contributed by atoms with E-state index in [1.54, 1.807) is 0 Å².